The second-order valence-corrected chi connectivity index (χ2v) is 11.4. The highest BCUT2D eigenvalue weighted by Gasteiger charge is 2.27. The van der Waals surface area contributed by atoms with Gasteiger partial charge in [-0.1, -0.05) is 24.3 Å². The zero-order chi connectivity index (χ0) is 9.90. The molecule has 0 fully saturated rings. The SMILES string of the molecule is ClCCc1ccc([Si](Cl)(Cl)Cl)cc1. The van der Waals surface area contributed by atoms with Gasteiger partial charge in [-0.05, 0) is 17.2 Å². The van der Waals surface area contributed by atoms with E-state index in [0.29, 0.717) is 5.88 Å². The summed E-state index contributed by atoms with van der Waals surface area (Å²) in [5.74, 6) is 0.616. The van der Waals surface area contributed by atoms with Crippen LogP contribution in [-0.2, 0) is 6.42 Å². The molecule has 1 rings (SSSR count). The first-order valence-corrected chi connectivity index (χ1v) is 9.33. The van der Waals surface area contributed by atoms with Crippen molar-refractivity contribution >= 4 is 56.0 Å². The summed E-state index contributed by atoms with van der Waals surface area (Å²) in [6, 6.07) is 4.93. The minimum absolute atomic E-state index is 0.616. The first-order valence-electron chi connectivity index (χ1n) is 3.76. The predicted octanol–water partition coefficient (Wildman–Crippen LogP) is 3.33. The van der Waals surface area contributed by atoms with E-state index >= 15 is 0 Å². The Balaban J connectivity index is 2.81. The summed E-state index contributed by atoms with van der Waals surface area (Å²) in [5.41, 5.74) is 1.17. The quantitative estimate of drug-likeness (QED) is 0.450. The van der Waals surface area contributed by atoms with E-state index in [1.807, 2.05) is 24.3 Å². The van der Waals surface area contributed by atoms with Crippen molar-refractivity contribution in [2.75, 3.05) is 5.88 Å². The Bertz CT molecular complexity index is 264. The summed E-state index contributed by atoms with van der Waals surface area (Å²) < 4.78 is 0. The van der Waals surface area contributed by atoms with Crippen molar-refractivity contribution in [1.82, 2.24) is 0 Å². The van der Waals surface area contributed by atoms with Gasteiger partial charge in [-0.25, -0.2) is 0 Å². The summed E-state index contributed by atoms with van der Waals surface area (Å²) in [5, 5.41) is 0.816. The normalized spacial score (nSPS) is 11.7. The van der Waals surface area contributed by atoms with Gasteiger partial charge in [0.1, 0.15) is 0 Å². The van der Waals surface area contributed by atoms with Gasteiger partial charge in [-0.15, -0.1) is 44.8 Å². The molecular formula is C8H8Cl4Si. The third-order valence-corrected chi connectivity index (χ3v) is 4.81. The molecule has 0 aliphatic rings. The third-order valence-electron chi connectivity index (χ3n) is 1.66. The standard InChI is InChI=1S/C8H8Cl4Si/c9-6-5-7-1-3-8(4-2-7)13(10,11)12/h1-4H,5-6H2. The number of rotatable bonds is 3. The third kappa shape index (κ3) is 3.68. The van der Waals surface area contributed by atoms with Crippen LogP contribution in [0.15, 0.2) is 24.3 Å². The number of alkyl halides is 1. The van der Waals surface area contributed by atoms with E-state index in [4.69, 9.17) is 44.8 Å². The Morgan fingerprint density at radius 3 is 1.92 bits per heavy atom. The fraction of sp³-hybridized carbons (Fsp3) is 0.250. The predicted molar refractivity (Wildman–Crippen MR) is 63.8 cm³/mol. The summed E-state index contributed by atoms with van der Waals surface area (Å²) in [4.78, 5) is 0. The van der Waals surface area contributed by atoms with Gasteiger partial charge in [0.05, 0.1) is 0 Å². The molecule has 0 unspecified atom stereocenters. The minimum atomic E-state index is -2.70. The molecule has 13 heavy (non-hydrogen) atoms. The van der Waals surface area contributed by atoms with Crippen molar-refractivity contribution in [2.24, 2.45) is 0 Å². The molecule has 72 valence electrons. The van der Waals surface area contributed by atoms with E-state index in [9.17, 15) is 0 Å². The second kappa shape index (κ2) is 4.90. The molecule has 0 heterocycles. The van der Waals surface area contributed by atoms with Crippen LogP contribution in [0.4, 0.5) is 0 Å². The molecule has 0 amide bonds. The smallest absolute Gasteiger partial charge is 0.126 e. The van der Waals surface area contributed by atoms with Gasteiger partial charge in [0, 0.05) is 5.88 Å². The van der Waals surface area contributed by atoms with Crippen molar-refractivity contribution in [1.29, 1.82) is 0 Å². The fourth-order valence-electron chi connectivity index (χ4n) is 0.970. The summed E-state index contributed by atoms with van der Waals surface area (Å²) in [6.07, 6.45) is 0.850. The number of hydrogen-bond donors (Lipinski definition) is 0. The summed E-state index contributed by atoms with van der Waals surface area (Å²) in [6.45, 7) is 0. The fourth-order valence-corrected chi connectivity index (χ4v) is 2.87. The largest absolute Gasteiger partial charge is 0.372 e. The molecule has 1 aromatic carbocycles. The average molecular weight is 274 g/mol. The molecule has 0 saturated carbocycles. The highest BCUT2D eigenvalue weighted by Crippen LogP contribution is 2.19. The summed E-state index contributed by atoms with van der Waals surface area (Å²) >= 11 is 23.1. The molecule has 0 radical (unpaired) electrons. The van der Waals surface area contributed by atoms with Gasteiger partial charge in [0.25, 0.3) is 0 Å². The van der Waals surface area contributed by atoms with E-state index in [1.165, 1.54) is 5.56 Å². The summed E-state index contributed by atoms with van der Waals surface area (Å²) in [7, 11) is 0. The van der Waals surface area contributed by atoms with Crippen molar-refractivity contribution in [3.63, 3.8) is 0 Å². The van der Waals surface area contributed by atoms with Crippen LogP contribution < -0.4 is 5.19 Å². The van der Waals surface area contributed by atoms with Crippen LogP contribution in [0.3, 0.4) is 0 Å². The molecule has 0 atom stereocenters. The van der Waals surface area contributed by atoms with Crippen LogP contribution in [0.5, 0.6) is 0 Å². The van der Waals surface area contributed by atoms with E-state index in [-0.39, 0.29) is 0 Å². The highest BCUT2D eigenvalue weighted by molar-refractivity contribution is 7.69. The molecule has 0 aliphatic carbocycles. The first kappa shape index (κ1) is 11.7. The topological polar surface area (TPSA) is 0 Å². The molecule has 0 bridgehead atoms. The van der Waals surface area contributed by atoms with E-state index < -0.39 is 6.00 Å². The maximum atomic E-state index is 5.83. The lowest BCUT2D eigenvalue weighted by atomic mass is 10.2. The molecule has 0 saturated heterocycles. The van der Waals surface area contributed by atoms with Crippen LogP contribution >= 0.6 is 44.8 Å². The minimum Gasteiger partial charge on any atom is -0.126 e. The van der Waals surface area contributed by atoms with Crippen molar-refractivity contribution in [2.45, 2.75) is 6.42 Å². The molecule has 1 aromatic rings. The Morgan fingerprint density at radius 2 is 1.54 bits per heavy atom. The van der Waals surface area contributed by atoms with Crippen LogP contribution in [0.2, 0.25) is 0 Å². The van der Waals surface area contributed by atoms with Gasteiger partial charge in [0.15, 0.2) is 0 Å². The Labute approximate surface area is 97.9 Å². The number of halogens is 4. The zero-order valence-corrected chi connectivity index (χ0v) is 10.8. The van der Waals surface area contributed by atoms with Crippen LogP contribution in [-0.4, -0.2) is 11.9 Å². The van der Waals surface area contributed by atoms with Gasteiger partial charge < -0.3 is 0 Å². The Morgan fingerprint density at radius 1 is 1.00 bits per heavy atom. The lowest BCUT2D eigenvalue weighted by molar-refractivity contribution is 1.15. The van der Waals surface area contributed by atoms with Crippen LogP contribution in [0.1, 0.15) is 5.56 Å². The van der Waals surface area contributed by atoms with Crippen molar-refractivity contribution in [3.05, 3.63) is 29.8 Å². The van der Waals surface area contributed by atoms with Gasteiger partial charge in [0.2, 0.25) is 0 Å². The zero-order valence-electron chi connectivity index (χ0n) is 6.74. The van der Waals surface area contributed by atoms with Gasteiger partial charge in [-0.2, -0.15) is 0 Å². The monoisotopic (exact) mass is 272 g/mol. The highest BCUT2D eigenvalue weighted by atomic mass is 35.8. The van der Waals surface area contributed by atoms with Gasteiger partial charge >= 0.3 is 6.00 Å². The lowest BCUT2D eigenvalue weighted by Crippen LogP contribution is -2.29. The number of aryl methyl sites for hydroxylation is 1. The first-order chi connectivity index (χ1) is 6.04. The van der Waals surface area contributed by atoms with E-state index in [2.05, 4.69) is 0 Å². The van der Waals surface area contributed by atoms with Crippen LogP contribution in [0.25, 0.3) is 0 Å². The number of benzene rings is 1. The molecule has 5 heteroatoms. The average Bonchev–Trinajstić information content (AvgIpc) is 2.04. The Kier molecular flexibility index (Phi) is 4.40. The molecule has 0 aliphatic heterocycles. The second-order valence-electron chi connectivity index (χ2n) is 2.63. The molecule has 0 nitrogen and oxygen atoms in total. The van der Waals surface area contributed by atoms with Crippen molar-refractivity contribution < 1.29 is 0 Å². The Hall–Kier alpha value is 0.597. The maximum Gasteiger partial charge on any atom is 0.372 e. The van der Waals surface area contributed by atoms with Crippen LogP contribution in [0, 0.1) is 0 Å². The van der Waals surface area contributed by atoms with Crippen molar-refractivity contribution in [3.8, 4) is 0 Å². The lowest BCUT2D eigenvalue weighted by Gasteiger charge is -2.08. The maximum absolute atomic E-state index is 5.83. The molecule has 0 spiro atoms. The van der Waals surface area contributed by atoms with Gasteiger partial charge in [-0.3, -0.25) is 0 Å². The molecule has 0 aromatic heterocycles. The molecule has 0 N–H and O–H groups in total. The number of hydrogen-bond acceptors (Lipinski definition) is 0. The van der Waals surface area contributed by atoms with E-state index in [0.717, 1.165) is 11.6 Å². The van der Waals surface area contributed by atoms with E-state index in [1.54, 1.807) is 0 Å². The molecular weight excluding hydrogens is 266 g/mol.